The quantitative estimate of drug-likeness (QED) is 0.0249. The summed E-state index contributed by atoms with van der Waals surface area (Å²) in [6.45, 7) is 24.6. The van der Waals surface area contributed by atoms with Crippen LogP contribution in [-0.2, 0) is 38.1 Å². The van der Waals surface area contributed by atoms with Crippen molar-refractivity contribution < 1.29 is 38.1 Å². The van der Waals surface area contributed by atoms with Crippen molar-refractivity contribution in [3.8, 4) is 0 Å². The number of hydrogen-bond acceptors (Lipinski definition) is 19. The zero-order valence-corrected chi connectivity index (χ0v) is 58.8. The van der Waals surface area contributed by atoms with Gasteiger partial charge in [0.15, 0.2) is 0 Å². The molecule has 0 aromatic carbocycles. The predicted molar refractivity (Wildman–Crippen MR) is 364 cm³/mol. The lowest BCUT2D eigenvalue weighted by molar-refractivity contribution is -0.145. The van der Waals surface area contributed by atoms with Gasteiger partial charge in [-0.25, -0.2) is 0 Å². The molecule has 0 saturated heterocycles. The van der Waals surface area contributed by atoms with E-state index >= 15 is 0 Å². The van der Waals surface area contributed by atoms with Crippen molar-refractivity contribution in [2.24, 2.45) is 23.7 Å². The van der Waals surface area contributed by atoms with E-state index in [9.17, 15) is 19.2 Å². The van der Waals surface area contributed by atoms with E-state index in [4.69, 9.17) is 18.9 Å². The maximum atomic E-state index is 12.9. The fourth-order valence-electron chi connectivity index (χ4n) is 8.19. The highest BCUT2D eigenvalue weighted by Crippen LogP contribution is 2.26. The molecule has 80 heavy (non-hydrogen) atoms. The minimum absolute atomic E-state index is 0.216. The van der Waals surface area contributed by atoms with Gasteiger partial charge in [0.1, 0.15) is 26.4 Å². The number of hydrogen-bond donors (Lipinski definition) is 0. The number of likely N-dealkylation sites (N-methyl/N-ethyl adjacent to an activating group) is 1. The highest BCUT2D eigenvalue weighted by atomic mass is 33.1. The zero-order valence-electron chi connectivity index (χ0n) is 52.3. The molecule has 0 aromatic heterocycles. The molecule has 19 heteroatoms. The second kappa shape index (κ2) is 61.2. The Morgan fingerprint density at radius 3 is 0.725 bits per heavy atom. The molecule has 0 aliphatic heterocycles. The Morgan fingerprint density at radius 2 is 0.500 bits per heavy atom. The number of rotatable bonds is 62. The third kappa shape index (κ3) is 63.1. The van der Waals surface area contributed by atoms with Crippen molar-refractivity contribution in [3.63, 3.8) is 0 Å². The monoisotopic (exact) mass is 1280 g/mol. The van der Waals surface area contributed by atoms with Gasteiger partial charge in [-0.1, -0.05) is 244 Å². The van der Waals surface area contributed by atoms with Gasteiger partial charge < -0.3 is 33.6 Å². The summed E-state index contributed by atoms with van der Waals surface area (Å²) in [5.41, 5.74) is 0. The molecule has 0 spiro atoms. The van der Waals surface area contributed by atoms with Gasteiger partial charge in [-0.2, -0.15) is 0 Å². The van der Waals surface area contributed by atoms with Crippen LogP contribution in [0.15, 0.2) is 0 Å². The maximum Gasteiger partial charge on any atom is 0.307 e. The second-order valence-electron chi connectivity index (χ2n) is 22.8. The van der Waals surface area contributed by atoms with Crippen LogP contribution in [0.25, 0.3) is 0 Å². The molecule has 0 fully saturated rings. The first-order chi connectivity index (χ1) is 38.7. The largest absolute Gasteiger partial charge is 0.465 e. The summed E-state index contributed by atoms with van der Waals surface area (Å²) in [6.07, 6.45) is 26.8. The van der Waals surface area contributed by atoms with Gasteiger partial charge in [-0.3, -0.25) is 19.2 Å². The summed E-state index contributed by atoms with van der Waals surface area (Å²) in [6, 6.07) is 0. The minimum atomic E-state index is -0.216. The molecule has 0 aliphatic carbocycles. The van der Waals surface area contributed by atoms with Gasteiger partial charge in [-0.15, -0.1) is 0 Å². The van der Waals surface area contributed by atoms with Crippen molar-refractivity contribution in [2.45, 2.75) is 209 Å². The van der Waals surface area contributed by atoms with E-state index in [1.807, 2.05) is 43.2 Å². The lowest BCUT2D eigenvalue weighted by Gasteiger charge is -2.27. The summed E-state index contributed by atoms with van der Waals surface area (Å²) in [5, 5.41) is 0. The first kappa shape index (κ1) is 80.6. The van der Waals surface area contributed by atoms with Crippen molar-refractivity contribution in [1.29, 1.82) is 0 Å². The molecule has 0 rings (SSSR count). The Labute approximate surface area is 524 Å². The van der Waals surface area contributed by atoms with Crippen LogP contribution in [0.1, 0.15) is 209 Å². The van der Waals surface area contributed by atoms with Crippen LogP contribution in [0.3, 0.4) is 0 Å². The van der Waals surface area contributed by atoms with E-state index in [1.54, 1.807) is 43.2 Å². The van der Waals surface area contributed by atoms with Crippen molar-refractivity contribution >= 4 is 110 Å². The molecule has 474 valence electrons. The van der Waals surface area contributed by atoms with Crippen LogP contribution in [0.5, 0.6) is 0 Å². The Hall–Kier alpha value is 0.560. The molecule has 0 heterocycles. The van der Waals surface area contributed by atoms with Gasteiger partial charge in [0.25, 0.3) is 0 Å². The van der Waals surface area contributed by atoms with E-state index < -0.39 is 0 Å². The standard InChI is InChI=1S/C61H119N3O8S8/c1-54(2)26-18-10-14-22-46-73-77-50-42-69-58(65)30-34-63(35-31-59(66)70-43-51-78-74-47-23-15-11-19-27-55(3)4)40-38-62(9)39-41-64(36-32-60(67)71-44-52-79-75-48-24-16-12-20-28-56(5)6)37-33-61(68)72-45-53-80-76-49-25-17-13-21-29-57(7)8/h54-57H,10-53H2,1-9H3. The van der Waals surface area contributed by atoms with Crippen LogP contribution in [-0.4, -0.2) is 170 Å². The molecule has 0 N–H and O–H groups in total. The molecule has 0 radical (unpaired) electrons. The van der Waals surface area contributed by atoms with E-state index in [1.165, 1.54) is 128 Å². The Balaban J connectivity index is 5.20. The van der Waals surface area contributed by atoms with Crippen LogP contribution >= 0.6 is 86.4 Å². The van der Waals surface area contributed by atoms with Crippen LogP contribution in [0, 0.1) is 23.7 Å². The third-order valence-corrected chi connectivity index (χ3v) is 23.0. The highest BCUT2D eigenvalue weighted by molar-refractivity contribution is 8.77. The smallest absolute Gasteiger partial charge is 0.307 e. The van der Waals surface area contributed by atoms with Crippen molar-refractivity contribution in [2.75, 3.05) is 132 Å². The molecular formula is C61H119N3O8S8. The highest BCUT2D eigenvalue weighted by Gasteiger charge is 2.17. The Bertz CT molecular complexity index is 1220. The molecule has 0 amide bonds. The Kier molecular flexibility index (Phi) is 61.6. The van der Waals surface area contributed by atoms with E-state index in [2.05, 4.69) is 77.1 Å². The average Bonchev–Trinajstić information content (AvgIpc) is 3.41. The number of esters is 4. The molecule has 11 nitrogen and oxygen atoms in total. The van der Waals surface area contributed by atoms with E-state index in [0.717, 1.165) is 69.7 Å². The molecular weight excluding hydrogens is 1160 g/mol. The number of unbranched alkanes of at least 4 members (excludes halogenated alkanes) is 12. The normalized spacial score (nSPS) is 11.9. The van der Waals surface area contributed by atoms with Crippen molar-refractivity contribution in [3.05, 3.63) is 0 Å². The SMILES string of the molecule is CC(C)CCCCCCSSCCOC(=O)CCN(CCC(=O)OCCSSCCCCCCC(C)C)CCN(C)CCN(CCC(=O)OCCSSCCCCCCC(C)C)CCC(=O)OCCSSCCCCCCC(C)C. The molecule has 0 saturated carbocycles. The number of ether oxygens (including phenoxy) is 4. The Morgan fingerprint density at radius 1 is 0.287 bits per heavy atom. The summed E-state index contributed by atoms with van der Waals surface area (Å²) in [4.78, 5) is 58.3. The topological polar surface area (TPSA) is 115 Å². The lowest BCUT2D eigenvalue weighted by Crippen LogP contribution is -2.40. The van der Waals surface area contributed by atoms with Crippen molar-refractivity contribution in [1.82, 2.24) is 14.7 Å². The van der Waals surface area contributed by atoms with Gasteiger partial charge in [-0.05, 0) is 56.4 Å². The van der Waals surface area contributed by atoms with Crippen LogP contribution in [0.4, 0.5) is 0 Å². The van der Waals surface area contributed by atoms with Crippen LogP contribution in [0.2, 0.25) is 0 Å². The maximum absolute atomic E-state index is 12.9. The summed E-state index contributed by atoms with van der Waals surface area (Å²) < 4.78 is 22.5. The lowest BCUT2D eigenvalue weighted by atomic mass is 10.0. The average molecular weight is 1280 g/mol. The third-order valence-electron chi connectivity index (χ3n) is 13.2. The molecule has 0 bridgehead atoms. The molecule has 0 aliphatic rings. The molecule has 0 unspecified atom stereocenters. The van der Waals surface area contributed by atoms with Crippen LogP contribution < -0.4 is 0 Å². The molecule has 0 aromatic rings. The first-order valence-electron chi connectivity index (χ1n) is 31.4. The number of carbonyl (C=O) groups is 4. The minimum Gasteiger partial charge on any atom is -0.465 e. The second-order valence-corrected chi connectivity index (χ2v) is 33.6. The number of carbonyl (C=O) groups excluding carboxylic acids is 4. The summed E-state index contributed by atoms with van der Waals surface area (Å²) >= 11 is 0. The fourth-order valence-corrected chi connectivity index (χ4v) is 16.1. The molecule has 0 atom stereocenters. The summed E-state index contributed by atoms with van der Waals surface area (Å²) in [5.74, 6) is 9.85. The predicted octanol–water partition coefficient (Wildman–Crippen LogP) is 17.2. The van der Waals surface area contributed by atoms with Gasteiger partial charge >= 0.3 is 23.9 Å². The van der Waals surface area contributed by atoms with E-state index in [-0.39, 0.29) is 49.6 Å². The van der Waals surface area contributed by atoms with Gasteiger partial charge in [0.05, 0.1) is 25.7 Å². The zero-order chi connectivity index (χ0) is 58.9. The first-order valence-corrected chi connectivity index (χ1v) is 41.4. The van der Waals surface area contributed by atoms with E-state index in [0.29, 0.717) is 78.8 Å². The fraction of sp³-hybridized carbons (Fsp3) is 0.934. The number of nitrogens with zero attached hydrogens (tertiary/aromatic N) is 3. The van der Waals surface area contributed by atoms with Gasteiger partial charge in [0.2, 0.25) is 0 Å². The summed E-state index contributed by atoms with van der Waals surface area (Å²) in [7, 11) is 16.6. The van der Waals surface area contributed by atoms with Gasteiger partial charge in [0, 0.05) is 98.4 Å².